The van der Waals surface area contributed by atoms with E-state index in [1.807, 2.05) is 39.1 Å². The fourth-order valence-corrected chi connectivity index (χ4v) is 3.45. The van der Waals surface area contributed by atoms with Gasteiger partial charge in [0.25, 0.3) is 0 Å². The lowest BCUT2D eigenvalue weighted by Gasteiger charge is -2.22. The molecule has 0 radical (unpaired) electrons. The molecule has 0 saturated heterocycles. The molecule has 1 aliphatic carbocycles. The molecule has 2 aliphatic rings. The first-order valence-corrected chi connectivity index (χ1v) is 12.6. The van der Waals surface area contributed by atoms with Crippen LogP contribution in [0.25, 0.3) is 0 Å². The second-order valence-corrected chi connectivity index (χ2v) is 8.18. The molecule has 0 bridgehead atoms. The van der Waals surface area contributed by atoms with Gasteiger partial charge in [0, 0.05) is 43.6 Å². The molecule has 0 aromatic heterocycles. The summed E-state index contributed by atoms with van der Waals surface area (Å²) in [6.07, 6.45) is 25.6. The van der Waals surface area contributed by atoms with Crippen molar-refractivity contribution in [1.82, 2.24) is 15.1 Å². The predicted molar refractivity (Wildman–Crippen MR) is 145 cm³/mol. The zero-order chi connectivity index (χ0) is 25.2. The van der Waals surface area contributed by atoms with Crippen molar-refractivity contribution in [3.05, 3.63) is 84.1 Å². The molecule has 0 fully saturated rings. The van der Waals surface area contributed by atoms with E-state index >= 15 is 0 Å². The maximum atomic E-state index is 12.3. The first kappa shape index (κ1) is 29.1. The van der Waals surface area contributed by atoms with Crippen molar-refractivity contribution in [2.45, 2.75) is 60.8 Å². The Hall–Kier alpha value is -2.95. The normalized spacial score (nSPS) is 17.9. The maximum Gasteiger partial charge on any atom is 0.409 e. The lowest BCUT2D eigenvalue weighted by molar-refractivity contribution is 0.0948. The predicted octanol–water partition coefficient (Wildman–Crippen LogP) is 7.07. The molecule has 0 saturated carbocycles. The number of allylic oxidation sites excluding steroid dienone is 10. The van der Waals surface area contributed by atoms with Gasteiger partial charge in [0.2, 0.25) is 0 Å². The van der Waals surface area contributed by atoms with Gasteiger partial charge in [0.05, 0.1) is 6.61 Å². The quantitative estimate of drug-likeness (QED) is 0.261. The molecule has 1 aliphatic heterocycles. The molecule has 5 nitrogen and oxygen atoms in total. The van der Waals surface area contributed by atoms with Crippen LogP contribution in [0.4, 0.5) is 4.79 Å². The van der Waals surface area contributed by atoms with E-state index in [1.54, 1.807) is 4.90 Å². The minimum Gasteiger partial charge on any atom is -0.449 e. The molecule has 1 amide bonds. The molecule has 1 heterocycles. The number of nitrogens with zero attached hydrogens (tertiary/aromatic N) is 2. The Morgan fingerprint density at radius 2 is 1.88 bits per heavy atom. The van der Waals surface area contributed by atoms with Gasteiger partial charge in [-0.2, -0.15) is 0 Å². The third kappa shape index (κ3) is 11.3. The number of hydrogen-bond acceptors (Lipinski definition) is 4. The Bertz CT molecular complexity index is 803. The summed E-state index contributed by atoms with van der Waals surface area (Å²) in [7, 11) is 0. The van der Waals surface area contributed by atoms with Crippen LogP contribution in [0.2, 0.25) is 0 Å². The first-order chi connectivity index (χ1) is 16.5. The zero-order valence-corrected chi connectivity index (χ0v) is 22.1. The van der Waals surface area contributed by atoms with Crippen LogP contribution < -0.4 is 5.32 Å². The summed E-state index contributed by atoms with van der Waals surface area (Å²) in [6, 6.07) is 0. The van der Waals surface area contributed by atoms with Crippen molar-refractivity contribution in [2.24, 2.45) is 5.92 Å². The number of amides is 1. The van der Waals surface area contributed by atoms with Gasteiger partial charge in [0.1, 0.15) is 0 Å². The van der Waals surface area contributed by atoms with E-state index < -0.39 is 0 Å². The molecule has 1 atom stereocenters. The topological polar surface area (TPSA) is 44.8 Å². The van der Waals surface area contributed by atoms with E-state index in [0.29, 0.717) is 25.6 Å². The van der Waals surface area contributed by atoms with Gasteiger partial charge in [0.15, 0.2) is 0 Å². The molecular weight excluding hydrogens is 422 g/mol. The van der Waals surface area contributed by atoms with Crippen LogP contribution in [0.15, 0.2) is 84.1 Å². The Labute approximate surface area is 207 Å². The standard InChI is InChI=1S/C27H39N3O2.C2H6/c1-5-29(27(31)32-22-26-13-8-6-9-14-26)20-12-16-28-17-15-23(2)21-24(3)25(4)30-18-10-7-11-19-30;1-2/h6,8-11,13,15,17-19,21,26,28H,5,7,12,14,16,20,22H2,1-4H3;1-2H3/b17-15+,23-21-,25-24+;. The molecule has 34 heavy (non-hydrogen) atoms. The summed E-state index contributed by atoms with van der Waals surface area (Å²) in [5, 5.41) is 3.32. The number of carbonyl (C=O) groups excluding carboxylic acids is 1. The molecule has 2 rings (SSSR count). The SMILES string of the molecule is CC.CCN(CCCN/C=C/C(C)=C\C(C)=C(/C)N1C=CCC=C1)C(=O)OCC1C=CC=CC1. The molecule has 0 spiro atoms. The van der Waals surface area contributed by atoms with Crippen LogP contribution in [0.1, 0.15) is 60.8 Å². The number of nitrogens with one attached hydrogen (secondary N) is 1. The van der Waals surface area contributed by atoms with E-state index in [0.717, 1.165) is 25.8 Å². The maximum absolute atomic E-state index is 12.3. The number of rotatable bonds is 11. The van der Waals surface area contributed by atoms with Crippen molar-refractivity contribution in [3.8, 4) is 0 Å². The van der Waals surface area contributed by atoms with Gasteiger partial charge in [-0.15, -0.1) is 0 Å². The second-order valence-electron chi connectivity index (χ2n) is 8.18. The highest BCUT2D eigenvalue weighted by Crippen LogP contribution is 2.17. The van der Waals surface area contributed by atoms with Gasteiger partial charge >= 0.3 is 6.09 Å². The molecule has 1 N–H and O–H groups in total. The Balaban J connectivity index is 0.00000281. The smallest absolute Gasteiger partial charge is 0.409 e. The van der Waals surface area contributed by atoms with E-state index in [9.17, 15) is 4.79 Å². The van der Waals surface area contributed by atoms with Crippen LogP contribution in [0.5, 0.6) is 0 Å². The fourth-order valence-electron chi connectivity index (χ4n) is 3.45. The lowest BCUT2D eigenvalue weighted by atomic mass is 10.0. The number of carbonyl (C=O) groups is 1. The summed E-state index contributed by atoms with van der Waals surface area (Å²) >= 11 is 0. The fraction of sp³-hybridized carbons (Fsp3) is 0.483. The molecule has 0 aromatic carbocycles. The van der Waals surface area contributed by atoms with E-state index in [2.05, 4.69) is 79.8 Å². The van der Waals surface area contributed by atoms with Gasteiger partial charge in [-0.1, -0.05) is 56.4 Å². The molecule has 0 aromatic rings. The van der Waals surface area contributed by atoms with Gasteiger partial charge < -0.3 is 19.9 Å². The monoisotopic (exact) mass is 467 g/mol. The summed E-state index contributed by atoms with van der Waals surface area (Å²) in [5.74, 6) is 0.292. The second kappa shape index (κ2) is 17.5. The average molecular weight is 468 g/mol. The molecule has 188 valence electrons. The largest absolute Gasteiger partial charge is 0.449 e. The van der Waals surface area contributed by atoms with Crippen LogP contribution in [-0.4, -0.2) is 42.1 Å². The molecular formula is C29H45N3O2. The van der Waals surface area contributed by atoms with E-state index in [4.69, 9.17) is 4.74 Å². The number of hydrogen-bond donors (Lipinski definition) is 1. The number of ether oxygens (including phenoxy) is 1. The van der Waals surface area contributed by atoms with Crippen LogP contribution in [0, 0.1) is 5.92 Å². The highest BCUT2D eigenvalue weighted by molar-refractivity contribution is 5.67. The minimum absolute atomic E-state index is 0.221. The van der Waals surface area contributed by atoms with Crippen molar-refractivity contribution < 1.29 is 9.53 Å². The highest BCUT2D eigenvalue weighted by atomic mass is 16.6. The van der Waals surface area contributed by atoms with Crippen LogP contribution in [0.3, 0.4) is 0 Å². The summed E-state index contributed by atoms with van der Waals surface area (Å²) in [5.41, 5.74) is 3.64. The Morgan fingerprint density at radius 1 is 1.15 bits per heavy atom. The Kier molecular flexibility index (Phi) is 15.0. The van der Waals surface area contributed by atoms with Gasteiger partial charge in [-0.3, -0.25) is 0 Å². The third-order valence-electron chi connectivity index (χ3n) is 5.55. The summed E-state index contributed by atoms with van der Waals surface area (Å²) in [6.45, 7) is 14.9. The van der Waals surface area contributed by atoms with Crippen molar-refractivity contribution >= 4 is 6.09 Å². The van der Waals surface area contributed by atoms with Crippen molar-refractivity contribution in [3.63, 3.8) is 0 Å². The van der Waals surface area contributed by atoms with Crippen LogP contribution in [-0.2, 0) is 4.74 Å². The lowest BCUT2D eigenvalue weighted by Crippen LogP contribution is -2.34. The zero-order valence-electron chi connectivity index (χ0n) is 22.1. The average Bonchev–Trinajstić information content (AvgIpc) is 2.88. The summed E-state index contributed by atoms with van der Waals surface area (Å²) in [4.78, 5) is 16.2. The van der Waals surface area contributed by atoms with Crippen molar-refractivity contribution in [1.29, 1.82) is 0 Å². The van der Waals surface area contributed by atoms with E-state index in [-0.39, 0.29) is 6.09 Å². The molecule has 5 heteroatoms. The highest BCUT2D eigenvalue weighted by Gasteiger charge is 2.15. The minimum atomic E-state index is -0.221. The Morgan fingerprint density at radius 3 is 2.53 bits per heavy atom. The molecule has 1 unspecified atom stereocenters. The van der Waals surface area contributed by atoms with Gasteiger partial charge in [-0.25, -0.2) is 4.79 Å². The summed E-state index contributed by atoms with van der Waals surface area (Å²) < 4.78 is 5.49. The first-order valence-electron chi connectivity index (χ1n) is 12.6. The third-order valence-corrected chi connectivity index (χ3v) is 5.55. The van der Waals surface area contributed by atoms with Crippen molar-refractivity contribution in [2.75, 3.05) is 26.2 Å². The van der Waals surface area contributed by atoms with Crippen LogP contribution >= 0.6 is 0 Å². The van der Waals surface area contributed by atoms with E-state index in [1.165, 1.54) is 16.8 Å². The van der Waals surface area contributed by atoms with Gasteiger partial charge in [-0.05, 0) is 70.4 Å².